The molecular formula is C11H14N3O+. The Morgan fingerprint density at radius 3 is 2.80 bits per heavy atom. The molecule has 0 saturated heterocycles. The van der Waals surface area contributed by atoms with Crippen LogP contribution < -0.4 is 10.5 Å². The molecule has 15 heavy (non-hydrogen) atoms. The molecule has 4 nitrogen and oxygen atoms in total. The molecule has 78 valence electrons. The summed E-state index contributed by atoms with van der Waals surface area (Å²) in [7, 11) is 4.05. The number of hydrogen-bond donors (Lipinski definition) is 2. The van der Waals surface area contributed by atoms with Crippen LogP contribution >= 0.6 is 0 Å². The summed E-state index contributed by atoms with van der Waals surface area (Å²) in [6.45, 7) is 0.722. The fraction of sp³-hybridized carbons (Fsp3) is 0.273. The van der Waals surface area contributed by atoms with Gasteiger partial charge in [0.15, 0.2) is 5.82 Å². The molecule has 1 aromatic carbocycles. The van der Waals surface area contributed by atoms with Crippen molar-refractivity contribution in [1.82, 2.24) is 9.97 Å². The van der Waals surface area contributed by atoms with E-state index in [2.05, 4.69) is 9.97 Å². The predicted molar refractivity (Wildman–Crippen MR) is 58.9 cm³/mol. The van der Waals surface area contributed by atoms with Gasteiger partial charge in [-0.25, -0.2) is 4.98 Å². The number of H-pyrrole nitrogens is 1. The molecule has 0 aliphatic heterocycles. The van der Waals surface area contributed by atoms with Crippen molar-refractivity contribution in [3.05, 3.63) is 40.4 Å². The zero-order chi connectivity index (χ0) is 10.8. The standard InChI is InChI=1S/C11H13N3O/c1-14(2)7-10-12-9-6-4-3-5-8(9)11(15)13-10/h3-6H,7H2,1-2H3,(H,12,13,15)/p+1. The second kappa shape index (κ2) is 3.82. The molecular weight excluding hydrogens is 190 g/mol. The van der Waals surface area contributed by atoms with Crippen LogP contribution in [0, 0.1) is 0 Å². The minimum atomic E-state index is -0.0585. The van der Waals surface area contributed by atoms with Gasteiger partial charge in [-0.1, -0.05) is 12.1 Å². The van der Waals surface area contributed by atoms with Crippen molar-refractivity contribution in [1.29, 1.82) is 0 Å². The molecule has 0 spiro atoms. The average Bonchev–Trinajstić information content (AvgIpc) is 2.16. The molecule has 2 rings (SSSR count). The predicted octanol–water partition coefficient (Wildman–Crippen LogP) is -0.432. The van der Waals surface area contributed by atoms with E-state index in [0.717, 1.165) is 17.9 Å². The Kier molecular flexibility index (Phi) is 2.51. The van der Waals surface area contributed by atoms with Crippen molar-refractivity contribution in [2.75, 3.05) is 14.1 Å². The lowest BCUT2D eigenvalue weighted by Gasteiger charge is -2.06. The number of rotatable bonds is 2. The van der Waals surface area contributed by atoms with Crippen LogP contribution in [-0.4, -0.2) is 24.1 Å². The largest absolute Gasteiger partial charge is 0.334 e. The monoisotopic (exact) mass is 204 g/mol. The second-order valence-electron chi connectivity index (χ2n) is 3.91. The van der Waals surface area contributed by atoms with Crippen LogP contribution in [0.5, 0.6) is 0 Å². The number of nitrogens with zero attached hydrogens (tertiary/aromatic N) is 1. The number of hydrogen-bond acceptors (Lipinski definition) is 2. The third-order valence-corrected chi connectivity index (χ3v) is 2.18. The smallest absolute Gasteiger partial charge is 0.258 e. The van der Waals surface area contributed by atoms with Crippen LogP contribution in [0.1, 0.15) is 5.82 Å². The highest BCUT2D eigenvalue weighted by atomic mass is 16.1. The Labute approximate surface area is 87.6 Å². The normalized spacial score (nSPS) is 11.1. The van der Waals surface area contributed by atoms with Crippen LogP contribution in [0.25, 0.3) is 10.9 Å². The summed E-state index contributed by atoms with van der Waals surface area (Å²) in [5.41, 5.74) is 0.703. The maximum atomic E-state index is 11.7. The molecule has 0 atom stereocenters. The van der Waals surface area contributed by atoms with Gasteiger partial charge in [-0.15, -0.1) is 0 Å². The molecule has 0 amide bonds. The van der Waals surface area contributed by atoms with Crippen LogP contribution in [0.15, 0.2) is 29.1 Å². The van der Waals surface area contributed by atoms with Crippen molar-refractivity contribution in [3.63, 3.8) is 0 Å². The summed E-state index contributed by atoms with van der Waals surface area (Å²) in [5.74, 6) is 0.735. The fourth-order valence-electron chi connectivity index (χ4n) is 1.55. The Morgan fingerprint density at radius 2 is 2.07 bits per heavy atom. The Bertz CT molecular complexity index is 531. The Balaban J connectivity index is 2.57. The molecule has 0 radical (unpaired) electrons. The quantitative estimate of drug-likeness (QED) is 0.697. The molecule has 0 fully saturated rings. The molecule has 0 aliphatic rings. The third-order valence-electron chi connectivity index (χ3n) is 2.18. The number of quaternary nitrogens is 1. The van der Waals surface area contributed by atoms with E-state index in [4.69, 9.17) is 0 Å². The molecule has 2 N–H and O–H groups in total. The minimum Gasteiger partial charge on any atom is -0.334 e. The fourth-order valence-corrected chi connectivity index (χ4v) is 1.55. The maximum absolute atomic E-state index is 11.7. The van der Waals surface area contributed by atoms with Gasteiger partial charge in [-0.2, -0.15) is 0 Å². The van der Waals surface area contributed by atoms with Gasteiger partial charge in [-0.05, 0) is 12.1 Å². The zero-order valence-corrected chi connectivity index (χ0v) is 8.87. The van der Waals surface area contributed by atoms with E-state index in [0.29, 0.717) is 5.39 Å². The summed E-state index contributed by atoms with van der Waals surface area (Å²) >= 11 is 0. The van der Waals surface area contributed by atoms with Gasteiger partial charge in [0.25, 0.3) is 5.56 Å². The second-order valence-corrected chi connectivity index (χ2v) is 3.91. The summed E-state index contributed by atoms with van der Waals surface area (Å²) < 4.78 is 0. The number of para-hydroxylation sites is 1. The average molecular weight is 204 g/mol. The Hall–Kier alpha value is -1.68. The van der Waals surface area contributed by atoms with Gasteiger partial charge < -0.3 is 9.88 Å². The lowest BCUT2D eigenvalue weighted by atomic mass is 10.2. The molecule has 0 bridgehead atoms. The first-order valence-electron chi connectivity index (χ1n) is 4.94. The number of aromatic nitrogens is 2. The topological polar surface area (TPSA) is 50.2 Å². The van der Waals surface area contributed by atoms with Gasteiger partial charge in [0.1, 0.15) is 6.54 Å². The van der Waals surface area contributed by atoms with Gasteiger partial charge >= 0.3 is 0 Å². The van der Waals surface area contributed by atoms with Crippen LogP contribution in [0.4, 0.5) is 0 Å². The van der Waals surface area contributed by atoms with Gasteiger partial charge in [-0.3, -0.25) is 4.79 Å². The van der Waals surface area contributed by atoms with E-state index in [1.54, 1.807) is 6.07 Å². The first-order chi connectivity index (χ1) is 7.16. The summed E-state index contributed by atoms with van der Waals surface area (Å²) in [6, 6.07) is 7.38. The lowest BCUT2D eigenvalue weighted by molar-refractivity contribution is -0.873. The zero-order valence-electron chi connectivity index (χ0n) is 8.87. The molecule has 1 aromatic heterocycles. The minimum absolute atomic E-state index is 0.0585. The number of fused-ring (bicyclic) bond motifs is 1. The van der Waals surface area contributed by atoms with E-state index < -0.39 is 0 Å². The lowest BCUT2D eigenvalue weighted by Crippen LogP contribution is -3.04. The number of aromatic amines is 1. The summed E-state index contributed by atoms with van der Waals surface area (Å²) in [5, 5.41) is 0.648. The van der Waals surface area contributed by atoms with E-state index in [-0.39, 0.29) is 5.56 Å². The molecule has 1 heterocycles. The van der Waals surface area contributed by atoms with Crippen LogP contribution in [-0.2, 0) is 6.54 Å². The molecule has 0 aliphatic carbocycles. The van der Waals surface area contributed by atoms with Crippen molar-refractivity contribution in [2.24, 2.45) is 0 Å². The van der Waals surface area contributed by atoms with Crippen molar-refractivity contribution >= 4 is 10.9 Å². The molecule has 0 saturated carbocycles. The number of nitrogens with one attached hydrogen (secondary N) is 2. The highest BCUT2D eigenvalue weighted by Crippen LogP contribution is 2.04. The van der Waals surface area contributed by atoms with Gasteiger partial charge in [0, 0.05) is 0 Å². The molecule has 0 unspecified atom stereocenters. The first-order valence-corrected chi connectivity index (χ1v) is 4.94. The summed E-state index contributed by atoms with van der Waals surface area (Å²) in [4.78, 5) is 20.1. The van der Waals surface area contributed by atoms with E-state index in [1.807, 2.05) is 32.3 Å². The van der Waals surface area contributed by atoms with Crippen LogP contribution in [0.3, 0.4) is 0 Å². The highest BCUT2D eigenvalue weighted by Gasteiger charge is 2.04. The van der Waals surface area contributed by atoms with Crippen molar-refractivity contribution < 1.29 is 4.90 Å². The Morgan fingerprint density at radius 1 is 1.33 bits per heavy atom. The van der Waals surface area contributed by atoms with E-state index in [1.165, 1.54) is 4.90 Å². The molecule has 4 heteroatoms. The third kappa shape index (κ3) is 2.05. The van der Waals surface area contributed by atoms with E-state index >= 15 is 0 Å². The SMILES string of the molecule is C[NH+](C)Cc1nc2ccccc2c(=O)[nH]1. The van der Waals surface area contributed by atoms with Crippen molar-refractivity contribution in [2.45, 2.75) is 6.54 Å². The van der Waals surface area contributed by atoms with Crippen molar-refractivity contribution in [3.8, 4) is 0 Å². The van der Waals surface area contributed by atoms with Crippen LogP contribution in [0.2, 0.25) is 0 Å². The molecule has 2 aromatic rings. The first kappa shape index (κ1) is 9.86. The maximum Gasteiger partial charge on any atom is 0.258 e. The van der Waals surface area contributed by atoms with Gasteiger partial charge in [0.05, 0.1) is 25.0 Å². The van der Waals surface area contributed by atoms with Gasteiger partial charge in [0.2, 0.25) is 0 Å². The van der Waals surface area contributed by atoms with E-state index in [9.17, 15) is 4.79 Å². The summed E-state index contributed by atoms with van der Waals surface area (Å²) in [6.07, 6.45) is 0. The highest BCUT2D eigenvalue weighted by molar-refractivity contribution is 5.77. The number of benzene rings is 1.